The summed E-state index contributed by atoms with van der Waals surface area (Å²) in [5, 5.41) is 0. The van der Waals surface area contributed by atoms with Crippen molar-refractivity contribution in [3.05, 3.63) is 0 Å². The van der Waals surface area contributed by atoms with Crippen LogP contribution >= 0.6 is 0 Å². The fourth-order valence-corrected chi connectivity index (χ4v) is 0.836. The molecule has 0 heterocycles. The van der Waals surface area contributed by atoms with Gasteiger partial charge in [-0.15, -0.1) is 0 Å². The molecule has 0 aliphatic rings. The zero-order valence-electron chi connectivity index (χ0n) is 10.3. The second-order valence-corrected chi connectivity index (χ2v) is 3.99. The third kappa shape index (κ3) is 7.33. The van der Waals surface area contributed by atoms with E-state index < -0.39 is 0 Å². The molecule has 4 heteroatoms. The third-order valence-corrected chi connectivity index (χ3v) is 1.90. The topological polar surface area (TPSA) is 44.8 Å². The first-order valence-corrected chi connectivity index (χ1v) is 5.28. The summed E-state index contributed by atoms with van der Waals surface area (Å²) in [5.41, 5.74) is 0. The van der Waals surface area contributed by atoms with Crippen molar-refractivity contribution in [3.8, 4) is 0 Å². The van der Waals surface area contributed by atoms with Crippen molar-refractivity contribution < 1.29 is 19.0 Å². The molecular weight excluding hydrogens is 196 g/mol. The van der Waals surface area contributed by atoms with E-state index in [4.69, 9.17) is 14.2 Å². The Morgan fingerprint density at radius 2 is 1.60 bits per heavy atom. The van der Waals surface area contributed by atoms with Crippen LogP contribution in [0.2, 0.25) is 0 Å². The van der Waals surface area contributed by atoms with Crippen LogP contribution in [0, 0.1) is 5.92 Å². The van der Waals surface area contributed by atoms with Crippen LogP contribution in [0.5, 0.6) is 0 Å². The predicted octanol–water partition coefficient (Wildman–Crippen LogP) is 1.63. The van der Waals surface area contributed by atoms with Crippen LogP contribution < -0.4 is 0 Å². The summed E-state index contributed by atoms with van der Waals surface area (Å²) < 4.78 is 15.5. The van der Waals surface area contributed by atoms with E-state index in [1.165, 1.54) is 0 Å². The smallest absolute Gasteiger partial charge is 0.308 e. The summed E-state index contributed by atoms with van der Waals surface area (Å²) in [7, 11) is 1.64. The fraction of sp³-hybridized carbons (Fsp3) is 0.909. The average Bonchev–Trinajstić information content (AvgIpc) is 2.17. The summed E-state index contributed by atoms with van der Waals surface area (Å²) in [6.45, 7) is 8.28. The summed E-state index contributed by atoms with van der Waals surface area (Å²) >= 11 is 0. The first kappa shape index (κ1) is 14.4. The number of esters is 1. The molecule has 2 atom stereocenters. The number of methoxy groups -OCH3 is 1. The monoisotopic (exact) mass is 218 g/mol. The van der Waals surface area contributed by atoms with E-state index in [0.29, 0.717) is 13.2 Å². The summed E-state index contributed by atoms with van der Waals surface area (Å²) in [6, 6.07) is 0. The van der Waals surface area contributed by atoms with Crippen molar-refractivity contribution in [1.29, 1.82) is 0 Å². The van der Waals surface area contributed by atoms with Gasteiger partial charge in [-0.1, -0.05) is 13.8 Å². The Bertz CT molecular complexity index is 179. The van der Waals surface area contributed by atoms with Gasteiger partial charge in [0.05, 0.1) is 25.2 Å². The van der Waals surface area contributed by atoms with E-state index in [2.05, 4.69) is 0 Å². The van der Waals surface area contributed by atoms with Crippen LogP contribution in [0.1, 0.15) is 27.7 Å². The first-order chi connectivity index (χ1) is 6.97. The first-order valence-electron chi connectivity index (χ1n) is 5.28. The molecule has 0 N–H and O–H groups in total. The molecule has 0 aromatic rings. The van der Waals surface area contributed by atoms with Crippen LogP contribution in [-0.4, -0.2) is 38.5 Å². The van der Waals surface area contributed by atoms with Gasteiger partial charge in [-0.3, -0.25) is 4.79 Å². The van der Waals surface area contributed by atoms with Crippen LogP contribution in [0.3, 0.4) is 0 Å². The second-order valence-electron chi connectivity index (χ2n) is 3.99. The van der Waals surface area contributed by atoms with E-state index in [0.717, 1.165) is 0 Å². The minimum Gasteiger partial charge on any atom is -0.460 e. The molecule has 0 saturated heterocycles. The molecule has 90 valence electrons. The van der Waals surface area contributed by atoms with Gasteiger partial charge in [-0.05, 0) is 13.8 Å². The van der Waals surface area contributed by atoms with E-state index in [1.807, 2.05) is 27.7 Å². The number of carbonyl (C=O) groups is 1. The summed E-state index contributed by atoms with van der Waals surface area (Å²) in [4.78, 5) is 11.2. The zero-order chi connectivity index (χ0) is 11.8. The molecule has 0 amide bonds. The quantitative estimate of drug-likeness (QED) is 0.609. The van der Waals surface area contributed by atoms with E-state index in [-0.39, 0.29) is 24.1 Å². The summed E-state index contributed by atoms with van der Waals surface area (Å²) in [6.07, 6.45) is -0.137. The van der Waals surface area contributed by atoms with E-state index >= 15 is 0 Å². The highest BCUT2D eigenvalue weighted by Gasteiger charge is 2.13. The van der Waals surface area contributed by atoms with Gasteiger partial charge in [-0.2, -0.15) is 0 Å². The molecule has 0 aliphatic carbocycles. The van der Waals surface area contributed by atoms with Gasteiger partial charge in [0.25, 0.3) is 0 Å². The minimum atomic E-state index is -0.205. The Kier molecular flexibility index (Phi) is 7.34. The average molecular weight is 218 g/mol. The van der Waals surface area contributed by atoms with Crippen molar-refractivity contribution in [2.75, 3.05) is 20.3 Å². The van der Waals surface area contributed by atoms with Gasteiger partial charge in [0.2, 0.25) is 0 Å². The Balaban J connectivity index is 3.57. The lowest BCUT2D eigenvalue weighted by Crippen LogP contribution is -2.25. The molecule has 0 spiro atoms. The fourth-order valence-electron chi connectivity index (χ4n) is 0.836. The number of rotatable bonds is 7. The highest BCUT2D eigenvalue weighted by molar-refractivity contribution is 5.71. The maximum absolute atomic E-state index is 11.2. The molecule has 0 saturated carbocycles. The normalized spacial score (nSPS) is 15.1. The standard InChI is InChI=1S/C11H22O4/c1-8(2)11(12)15-10(4)7-14-6-9(3)13-5/h8-10H,6-7H2,1-5H3. The van der Waals surface area contributed by atoms with Crippen LogP contribution in [0.4, 0.5) is 0 Å². The largest absolute Gasteiger partial charge is 0.460 e. The lowest BCUT2D eigenvalue weighted by atomic mass is 10.2. The van der Waals surface area contributed by atoms with Crippen molar-refractivity contribution in [3.63, 3.8) is 0 Å². The molecule has 0 bridgehead atoms. The SMILES string of the molecule is COC(C)COCC(C)OC(=O)C(C)C. The molecule has 0 fully saturated rings. The molecule has 2 unspecified atom stereocenters. The van der Waals surface area contributed by atoms with Gasteiger partial charge >= 0.3 is 5.97 Å². The van der Waals surface area contributed by atoms with E-state index in [9.17, 15) is 4.79 Å². The summed E-state index contributed by atoms with van der Waals surface area (Å²) in [5.74, 6) is -0.281. The van der Waals surface area contributed by atoms with Gasteiger partial charge in [0.1, 0.15) is 6.10 Å². The van der Waals surface area contributed by atoms with Gasteiger partial charge in [0, 0.05) is 7.11 Å². The zero-order valence-corrected chi connectivity index (χ0v) is 10.3. The van der Waals surface area contributed by atoms with Crippen molar-refractivity contribution >= 4 is 5.97 Å². The molecule has 0 rings (SSSR count). The molecule has 0 aliphatic heterocycles. The van der Waals surface area contributed by atoms with Crippen molar-refractivity contribution in [2.24, 2.45) is 5.92 Å². The Labute approximate surface area is 91.9 Å². The molecule has 0 radical (unpaired) electrons. The highest BCUT2D eigenvalue weighted by Crippen LogP contribution is 2.01. The lowest BCUT2D eigenvalue weighted by molar-refractivity contribution is -0.155. The molecule has 4 nitrogen and oxygen atoms in total. The maximum Gasteiger partial charge on any atom is 0.308 e. The van der Waals surface area contributed by atoms with Crippen molar-refractivity contribution in [2.45, 2.75) is 39.9 Å². The molecule has 0 aromatic heterocycles. The lowest BCUT2D eigenvalue weighted by Gasteiger charge is -2.16. The second kappa shape index (κ2) is 7.65. The highest BCUT2D eigenvalue weighted by atomic mass is 16.6. The van der Waals surface area contributed by atoms with Crippen LogP contribution in [0.25, 0.3) is 0 Å². The third-order valence-electron chi connectivity index (χ3n) is 1.90. The minimum absolute atomic E-state index is 0.0676. The number of carbonyl (C=O) groups excluding carboxylic acids is 1. The predicted molar refractivity (Wildman–Crippen MR) is 57.7 cm³/mol. The Morgan fingerprint density at radius 3 is 2.07 bits per heavy atom. The van der Waals surface area contributed by atoms with Gasteiger partial charge in [-0.25, -0.2) is 0 Å². The van der Waals surface area contributed by atoms with Gasteiger partial charge < -0.3 is 14.2 Å². The maximum atomic E-state index is 11.2. The molecule has 15 heavy (non-hydrogen) atoms. The molecule has 0 aromatic carbocycles. The Morgan fingerprint density at radius 1 is 1.07 bits per heavy atom. The molecular formula is C11H22O4. The Hall–Kier alpha value is -0.610. The van der Waals surface area contributed by atoms with Crippen LogP contribution in [0.15, 0.2) is 0 Å². The van der Waals surface area contributed by atoms with Crippen LogP contribution in [-0.2, 0) is 19.0 Å². The van der Waals surface area contributed by atoms with Gasteiger partial charge in [0.15, 0.2) is 0 Å². The number of ether oxygens (including phenoxy) is 3. The number of hydrogen-bond donors (Lipinski definition) is 0. The van der Waals surface area contributed by atoms with E-state index in [1.54, 1.807) is 7.11 Å². The van der Waals surface area contributed by atoms with Crippen molar-refractivity contribution in [1.82, 2.24) is 0 Å². The number of hydrogen-bond acceptors (Lipinski definition) is 4.